The van der Waals surface area contributed by atoms with E-state index in [9.17, 15) is 0 Å². The molecule has 0 aliphatic heterocycles. The standard InChI is InChI=1S/3C2H2O4.H3N.Nb.5H2O/c3*3-1(4)2(5)6;;;;;;;/h3*(H,3,4)(H,5,6);1H3;;5*1H2/q;;;;+5;;;;;/p-5. The van der Waals surface area contributed by atoms with Crippen molar-refractivity contribution in [3.63, 3.8) is 0 Å². The monoisotopic (exact) mass is 465 g/mol. The number of hydrogen-bond donors (Lipinski definition) is 1. The van der Waals surface area contributed by atoms with Gasteiger partial charge >= 0.3 is 22.4 Å². The fourth-order valence-corrected chi connectivity index (χ4v) is 0. The van der Waals surface area contributed by atoms with Gasteiger partial charge in [-0.1, -0.05) is 0 Å². The third kappa shape index (κ3) is 91.6. The third-order valence-electron chi connectivity index (χ3n) is 0.500. The van der Waals surface area contributed by atoms with Crippen molar-refractivity contribution < 1.29 is 109 Å². The normalized spacial score (nSPS) is 5.28. The van der Waals surface area contributed by atoms with Gasteiger partial charge in [-0.25, -0.2) is 0 Å². The molecule has 0 unspecified atom stereocenters. The van der Waals surface area contributed by atoms with Crippen LogP contribution in [0.5, 0.6) is 0 Å². The van der Waals surface area contributed by atoms with Crippen LogP contribution < -0.4 is 36.8 Å². The quantitative estimate of drug-likeness (QED) is 0.257. The summed E-state index contributed by atoms with van der Waals surface area (Å²) in [5.74, 6) is -13.1. The fourth-order valence-electron chi connectivity index (χ4n) is 0. The summed E-state index contributed by atoms with van der Waals surface area (Å²) in [4.78, 5) is 53.6. The topological polar surface area (TPSA) is 435 Å². The maximum atomic E-state index is 8.93. The van der Waals surface area contributed by atoms with E-state index in [0.29, 0.717) is 0 Å². The van der Waals surface area contributed by atoms with Crippen LogP contribution in [-0.4, -0.2) is 63.2 Å². The predicted octanol–water partition coefficient (Wildman–Crippen LogP) is -14.3. The van der Waals surface area contributed by atoms with Crippen molar-refractivity contribution in [3.8, 4) is 0 Å². The molecular weight excluding hydrogens is 451 g/mol. The molecule has 0 amide bonds. The van der Waals surface area contributed by atoms with Gasteiger partial charge in [0.1, 0.15) is 0 Å². The fraction of sp³-hybridized carbons (Fsp3) is 0. The van der Waals surface area contributed by atoms with E-state index in [1.165, 1.54) is 0 Å². The number of carboxylic acids is 6. The summed E-state index contributed by atoms with van der Waals surface area (Å²) in [5.41, 5.74) is 0. The molecule has 0 saturated carbocycles. The molecule has 0 spiro atoms. The van der Waals surface area contributed by atoms with Gasteiger partial charge in [-0.05, 0) is 0 Å². The van der Waals surface area contributed by atoms with Crippen LogP contribution in [0.25, 0.3) is 0 Å². The van der Waals surface area contributed by atoms with Gasteiger partial charge in [-0.2, -0.15) is 0 Å². The SMILES string of the molecule is O.O.O.O.O.O=C([O-])C(=O)[O-].O=C([O-])C(=O)[O-].O=C([O-])C(=O)[O-].[NH4+].[Nb+5]. The van der Waals surface area contributed by atoms with Crippen molar-refractivity contribution in [2.45, 2.75) is 0 Å². The molecule has 0 aliphatic rings. The summed E-state index contributed by atoms with van der Waals surface area (Å²) in [5, 5.41) is 53.6. The molecule has 14 N–H and O–H groups in total. The van der Waals surface area contributed by atoms with Crippen molar-refractivity contribution in [1.82, 2.24) is 6.15 Å². The first-order chi connectivity index (χ1) is 7.93. The zero-order valence-corrected chi connectivity index (χ0v) is 14.0. The number of hydrogen-bond acceptors (Lipinski definition) is 12. The second kappa shape index (κ2) is 37.5. The number of quaternary nitrogens is 1. The second-order valence-corrected chi connectivity index (χ2v) is 1.72. The average molecular weight is 465 g/mol. The maximum absolute atomic E-state index is 8.93. The van der Waals surface area contributed by atoms with E-state index >= 15 is 0 Å². The summed E-state index contributed by atoms with van der Waals surface area (Å²) in [6.45, 7) is 0. The van der Waals surface area contributed by atoms with Gasteiger partial charge in [-0.15, -0.1) is 0 Å². The van der Waals surface area contributed by atoms with Crippen molar-refractivity contribution >= 4 is 35.8 Å². The maximum Gasteiger partial charge on any atom is 5.00 e. The summed E-state index contributed by atoms with van der Waals surface area (Å²) in [6, 6.07) is 0. The summed E-state index contributed by atoms with van der Waals surface area (Å²) in [6.07, 6.45) is 0. The van der Waals surface area contributed by atoms with E-state index in [4.69, 9.17) is 59.4 Å². The van der Waals surface area contributed by atoms with Gasteiger partial charge in [0, 0.05) is 0 Å². The molecule has 0 bridgehead atoms. The molecular formula is C6H14NNbO17. The third-order valence-corrected chi connectivity index (χ3v) is 0.500. The molecule has 0 aliphatic carbocycles. The van der Waals surface area contributed by atoms with E-state index in [2.05, 4.69) is 0 Å². The molecule has 0 fully saturated rings. The van der Waals surface area contributed by atoms with Crippen LogP contribution in [0.4, 0.5) is 0 Å². The van der Waals surface area contributed by atoms with Gasteiger partial charge in [0.2, 0.25) is 0 Å². The first kappa shape index (κ1) is 66.8. The van der Waals surface area contributed by atoms with Crippen LogP contribution in [0.2, 0.25) is 0 Å². The molecule has 150 valence electrons. The van der Waals surface area contributed by atoms with Crippen molar-refractivity contribution in [2.24, 2.45) is 0 Å². The Bertz CT molecular complexity index is 286. The van der Waals surface area contributed by atoms with Gasteiger partial charge in [0.25, 0.3) is 0 Å². The zero-order chi connectivity index (χ0) is 15.5. The van der Waals surface area contributed by atoms with E-state index in [1.807, 2.05) is 0 Å². The Morgan fingerprint density at radius 3 is 0.400 bits per heavy atom. The van der Waals surface area contributed by atoms with Crippen LogP contribution in [-0.2, 0) is 51.1 Å². The summed E-state index contributed by atoms with van der Waals surface area (Å²) in [7, 11) is 0. The van der Waals surface area contributed by atoms with Crippen LogP contribution in [0.1, 0.15) is 0 Å². The van der Waals surface area contributed by atoms with Crippen molar-refractivity contribution in [3.05, 3.63) is 0 Å². The van der Waals surface area contributed by atoms with E-state index in [0.717, 1.165) is 0 Å². The van der Waals surface area contributed by atoms with Crippen molar-refractivity contribution in [2.75, 3.05) is 0 Å². The Hall–Kier alpha value is -2.68. The Labute approximate surface area is 151 Å². The molecule has 0 aromatic carbocycles. The Morgan fingerprint density at radius 2 is 0.400 bits per heavy atom. The van der Waals surface area contributed by atoms with Gasteiger partial charge in [-0.3, -0.25) is 0 Å². The second-order valence-electron chi connectivity index (χ2n) is 1.72. The molecule has 25 heavy (non-hydrogen) atoms. The predicted molar refractivity (Wildman–Crippen MR) is 54.1 cm³/mol. The molecule has 0 heterocycles. The number of aliphatic carboxylic acids is 6. The summed E-state index contributed by atoms with van der Waals surface area (Å²) < 4.78 is 0. The first-order valence-corrected chi connectivity index (χ1v) is 3.20. The van der Waals surface area contributed by atoms with Crippen LogP contribution in [0.3, 0.4) is 0 Å². The number of carbonyl (C=O) groups excluding carboxylic acids is 6. The first-order valence-electron chi connectivity index (χ1n) is 3.20. The molecule has 0 aromatic rings. The Balaban J connectivity index is -0.0000000148. The van der Waals surface area contributed by atoms with Crippen LogP contribution in [0, 0.1) is 0 Å². The van der Waals surface area contributed by atoms with Gasteiger partial charge in [0.15, 0.2) is 0 Å². The average Bonchev–Trinajstić information content (AvgIpc) is 2.18. The minimum Gasteiger partial charge on any atom is -0.543 e. The van der Waals surface area contributed by atoms with Crippen LogP contribution >= 0.6 is 0 Å². The number of rotatable bonds is 0. The zero-order valence-electron chi connectivity index (χ0n) is 11.8. The van der Waals surface area contributed by atoms with E-state index in [-0.39, 0.29) is 55.9 Å². The minimum atomic E-state index is -2.19. The van der Waals surface area contributed by atoms with E-state index in [1.54, 1.807) is 0 Å². The smallest absolute Gasteiger partial charge is 0.543 e. The Kier molecular flexibility index (Phi) is 100. The molecule has 0 rings (SSSR count). The molecule has 19 heteroatoms. The molecule has 0 saturated heterocycles. The van der Waals surface area contributed by atoms with E-state index < -0.39 is 35.8 Å². The number of carboxylic acid groups (broad SMARTS) is 6. The minimum absolute atomic E-state index is 0. The summed E-state index contributed by atoms with van der Waals surface area (Å²) >= 11 is 0. The molecule has 0 atom stereocenters. The van der Waals surface area contributed by atoms with Gasteiger partial charge < -0.3 is 92.9 Å². The largest absolute Gasteiger partial charge is 5.00 e. The van der Waals surface area contributed by atoms with Gasteiger partial charge in [0.05, 0.1) is 35.8 Å². The van der Waals surface area contributed by atoms with Crippen molar-refractivity contribution in [1.29, 1.82) is 0 Å². The molecule has 0 radical (unpaired) electrons. The molecule has 18 nitrogen and oxygen atoms in total. The number of carbonyl (C=O) groups is 6. The van der Waals surface area contributed by atoms with Crippen LogP contribution in [0.15, 0.2) is 0 Å². The molecule has 0 aromatic heterocycles. The Morgan fingerprint density at radius 1 is 0.360 bits per heavy atom.